The van der Waals surface area contributed by atoms with Crippen LogP contribution in [-0.4, -0.2) is 67.5 Å². The van der Waals surface area contributed by atoms with Crippen LogP contribution >= 0.6 is 11.3 Å². The first-order valence-electron chi connectivity index (χ1n) is 15.1. The molecule has 41 heavy (non-hydrogen) atoms. The Morgan fingerprint density at radius 1 is 0.951 bits per heavy atom. The predicted octanol–water partition coefficient (Wildman–Crippen LogP) is 6.91. The molecule has 2 saturated heterocycles. The number of aryl methyl sites for hydroxylation is 1. The molecule has 0 amide bonds. The summed E-state index contributed by atoms with van der Waals surface area (Å²) in [4.78, 5) is 6.18. The Kier molecular flexibility index (Phi) is 8.92. The number of aliphatic hydroxyl groups is 1. The molecule has 3 aromatic carbocycles. The van der Waals surface area contributed by atoms with Gasteiger partial charge in [0, 0.05) is 34.3 Å². The molecule has 1 atom stereocenters. The zero-order valence-corrected chi connectivity index (χ0v) is 25.2. The van der Waals surface area contributed by atoms with Gasteiger partial charge in [-0.25, -0.2) is 0 Å². The molecule has 0 radical (unpaired) electrons. The number of rotatable bonds is 11. The average Bonchev–Trinajstić information content (AvgIpc) is 3.75. The average molecular weight is 571 g/mol. The molecular formula is C35H42N2O3S. The number of nitrogens with zero attached hydrogens (tertiary/aromatic N) is 2. The third-order valence-electron chi connectivity index (χ3n) is 8.75. The van der Waals surface area contributed by atoms with E-state index in [0.29, 0.717) is 6.61 Å². The highest BCUT2D eigenvalue weighted by Crippen LogP contribution is 2.41. The van der Waals surface area contributed by atoms with Crippen molar-refractivity contribution in [3.63, 3.8) is 0 Å². The van der Waals surface area contributed by atoms with Crippen LogP contribution in [0.1, 0.15) is 47.9 Å². The van der Waals surface area contributed by atoms with Crippen molar-refractivity contribution >= 4 is 21.4 Å². The van der Waals surface area contributed by atoms with Gasteiger partial charge in [-0.15, -0.1) is 11.3 Å². The van der Waals surface area contributed by atoms with E-state index in [1.807, 2.05) is 11.3 Å². The van der Waals surface area contributed by atoms with Crippen molar-refractivity contribution in [3.05, 3.63) is 82.9 Å². The molecule has 4 aromatic rings. The maximum atomic E-state index is 9.58. The summed E-state index contributed by atoms with van der Waals surface area (Å²) < 4.78 is 13.3. The number of thiophene rings is 1. The number of methoxy groups -OCH3 is 1. The number of ether oxygens (including phenoxy) is 2. The zero-order valence-electron chi connectivity index (χ0n) is 24.4. The zero-order chi connectivity index (χ0) is 28.2. The van der Waals surface area contributed by atoms with E-state index >= 15 is 0 Å². The summed E-state index contributed by atoms with van der Waals surface area (Å²) in [5.74, 6) is 1.89. The Balaban J connectivity index is 1.22. The summed E-state index contributed by atoms with van der Waals surface area (Å²) in [6.45, 7) is 8.27. The van der Waals surface area contributed by atoms with Crippen LogP contribution in [0.2, 0.25) is 0 Å². The maximum Gasteiger partial charge on any atom is 0.123 e. The number of aliphatic hydroxyl groups excluding tert-OH is 1. The van der Waals surface area contributed by atoms with Crippen LogP contribution in [-0.2, 0) is 13.0 Å². The second kappa shape index (κ2) is 13.0. The Hall–Kier alpha value is -2.90. The molecule has 0 bridgehead atoms. The van der Waals surface area contributed by atoms with Crippen molar-refractivity contribution in [1.29, 1.82) is 0 Å². The fraction of sp³-hybridized carbons (Fsp3) is 0.429. The molecule has 2 fully saturated rings. The molecule has 3 heterocycles. The minimum absolute atomic E-state index is 0.237. The van der Waals surface area contributed by atoms with E-state index in [2.05, 4.69) is 77.4 Å². The van der Waals surface area contributed by atoms with E-state index in [9.17, 15) is 5.11 Å². The van der Waals surface area contributed by atoms with Gasteiger partial charge in [0.1, 0.15) is 18.1 Å². The maximum absolute atomic E-state index is 9.58. The first kappa shape index (κ1) is 28.2. The lowest BCUT2D eigenvalue weighted by Crippen LogP contribution is -2.35. The van der Waals surface area contributed by atoms with Crippen molar-refractivity contribution < 1.29 is 14.6 Å². The molecule has 0 aliphatic carbocycles. The number of hydrogen-bond donors (Lipinski definition) is 1. The SMILES string of the molecule is COc1cc(Cc2c(-c3ccc(OCCN4CCCC4CO)cc3)sc3cc(C)ccc23)ccc1CN1CCCC1. The molecule has 0 saturated carbocycles. The van der Waals surface area contributed by atoms with Crippen LogP contribution in [0.5, 0.6) is 11.5 Å². The summed E-state index contributed by atoms with van der Waals surface area (Å²) in [5, 5.41) is 10.9. The molecule has 2 aliphatic heterocycles. The number of fused-ring (bicyclic) bond motifs is 1. The summed E-state index contributed by atoms with van der Waals surface area (Å²) in [6, 6.07) is 22.5. The van der Waals surface area contributed by atoms with E-state index < -0.39 is 0 Å². The van der Waals surface area contributed by atoms with Crippen molar-refractivity contribution in [2.45, 2.75) is 51.6 Å². The van der Waals surface area contributed by atoms with Gasteiger partial charge in [0.15, 0.2) is 0 Å². The third-order valence-corrected chi connectivity index (χ3v) is 9.99. The number of benzene rings is 3. The molecule has 1 N–H and O–H groups in total. The number of likely N-dealkylation sites (tertiary alicyclic amines) is 2. The quantitative estimate of drug-likeness (QED) is 0.212. The molecule has 216 valence electrons. The highest BCUT2D eigenvalue weighted by molar-refractivity contribution is 7.22. The van der Waals surface area contributed by atoms with Gasteiger partial charge in [-0.3, -0.25) is 9.80 Å². The lowest BCUT2D eigenvalue weighted by atomic mass is 9.97. The van der Waals surface area contributed by atoms with E-state index in [0.717, 1.165) is 50.4 Å². The van der Waals surface area contributed by atoms with Crippen LogP contribution in [0.25, 0.3) is 20.5 Å². The van der Waals surface area contributed by atoms with Gasteiger partial charge in [0.25, 0.3) is 0 Å². The Labute approximate surface area is 248 Å². The molecule has 5 nitrogen and oxygen atoms in total. The molecule has 2 aliphatic rings. The molecule has 6 heteroatoms. The second-order valence-corrected chi connectivity index (χ2v) is 12.7. The Morgan fingerprint density at radius 3 is 2.56 bits per heavy atom. The highest BCUT2D eigenvalue weighted by atomic mass is 32.1. The van der Waals surface area contributed by atoms with Crippen molar-refractivity contribution in [2.24, 2.45) is 0 Å². The van der Waals surface area contributed by atoms with Crippen LogP contribution < -0.4 is 9.47 Å². The smallest absolute Gasteiger partial charge is 0.123 e. The highest BCUT2D eigenvalue weighted by Gasteiger charge is 2.23. The monoisotopic (exact) mass is 570 g/mol. The van der Waals surface area contributed by atoms with Gasteiger partial charge in [0.05, 0.1) is 13.7 Å². The Morgan fingerprint density at radius 2 is 1.78 bits per heavy atom. The van der Waals surface area contributed by atoms with Gasteiger partial charge >= 0.3 is 0 Å². The van der Waals surface area contributed by atoms with Gasteiger partial charge in [-0.2, -0.15) is 0 Å². The molecular weight excluding hydrogens is 528 g/mol. The van der Waals surface area contributed by atoms with Gasteiger partial charge in [-0.1, -0.05) is 24.3 Å². The minimum atomic E-state index is 0.237. The largest absolute Gasteiger partial charge is 0.496 e. The van der Waals surface area contributed by atoms with Gasteiger partial charge < -0.3 is 14.6 Å². The van der Waals surface area contributed by atoms with Crippen molar-refractivity contribution in [3.8, 4) is 21.9 Å². The lowest BCUT2D eigenvalue weighted by Gasteiger charge is -2.22. The predicted molar refractivity (Wildman–Crippen MR) is 169 cm³/mol. The second-order valence-electron chi connectivity index (χ2n) is 11.6. The normalized spacial score (nSPS) is 18.0. The fourth-order valence-electron chi connectivity index (χ4n) is 6.46. The number of hydrogen-bond acceptors (Lipinski definition) is 6. The summed E-state index contributed by atoms with van der Waals surface area (Å²) in [5.41, 5.74) is 6.43. The first-order chi connectivity index (χ1) is 20.1. The molecule has 1 unspecified atom stereocenters. The summed E-state index contributed by atoms with van der Waals surface area (Å²) in [7, 11) is 1.79. The molecule has 1 aromatic heterocycles. The van der Waals surface area contributed by atoms with Gasteiger partial charge in [0.2, 0.25) is 0 Å². The van der Waals surface area contributed by atoms with Crippen LogP contribution in [0.3, 0.4) is 0 Å². The topological polar surface area (TPSA) is 45.2 Å². The van der Waals surface area contributed by atoms with E-state index in [4.69, 9.17) is 9.47 Å². The van der Waals surface area contributed by atoms with Gasteiger partial charge in [-0.05, 0) is 123 Å². The lowest BCUT2D eigenvalue weighted by molar-refractivity contribution is 0.139. The Bertz CT molecular complexity index is 1460. The van der Waals surface area contributed by atoms with Crippen molar-refractivity contribution in [2.75, 3.05) is 46.5 Å². The van der Waals surface area contributed by atoms with Crippen molar-refractivity contribution in [1.82, 2.24) is 9.80 Å². The van der Waals surface area contributed by atoms with Crippen LogP contribution in [0.15, 0.2) is 60.7 Å². The standard InChI is InChI=1S/C35H42N2O3S/c1-25-7-14-31-32(21-26-8-9-28(33(22-26)39-2)23-36-15-3-4-16-36)35(41-34(31)20-25)27-10-12-30(13-11-27)40-19-18-37-17-5-6-29(37)24-38/h7-14,20,22,29,38H,3-6,15-19,21,23-24H2,1-2H3. The third kappa shape index (κ3) is 6.46. The van der Waals surface area contributed by atoms with E-state index in [1.165, 1.54) is 68.7 Å². The fourth-order valence-corrected chi connectivity index (χ4v) is 7.79. The summed E-state index contributed by atoms with van der Waals surface area (Å²) in [6.07, 6.45) is 5.69. The van der Waals surface area contributed by atoms with Crippen LogP contribution in [0.4, 0.5) is 0 Å². The summed E-state index contributed by atoms with van der Waals surface area (Å²) >= 11 is 1.88. The van der Waals surface area contributed by atoms with Crippen LogP contribution in [0, 0.1) is 6.92 Å². The molecule has 0 spiro atoms. The molecule has 6 rings (SSSR count). The van der Waals surface area contributed by atoms with E-state index in [1.54, 1.807) is 7.11 Å². The first-order valence-corrected chi connectivity index (χ1v) is 15.9. The minimum Gasteiger partial charge on any atom is -0.496 e. The van der Waals surface area contributed by atoms with E-state index in [-0.39, 0.29) is 12.6 Å².